The average molecular weight is 374 g/mol. The molecule has 2 aromatic carbocycles. The topological polar surface area (TPSA) is 59.1 Å². The van der Waals surface area contributed by atoms with Crippen LogP contribution in [0.2, 0.25) is 0 Å². The second kappa shape index (κ2) is 6.72. The zero-order valence-electron chi connectivity index (χ0n) is 14.7. The maximum absolute atomic E-state index is 13.0. The lowest BCUT2D eigenvalue weighted by Gasteiger charge is -2.23. The molecule has 1 saturated heterocycles. The Morgan fingerprint density at radius 2 is 1.58 bits per heavy atom. The number of ether oxygens (including phenoxy) is 2. The van der Waals surface area contributed by atoms with E-state index in [2.05, 4.69) is 4.90 Å². The molecule has 6 nitrogen and oxygen atoms in total. The van der Waals surface area contributed by atoms with Gasteiger partial charge in [-0.15, -0.1) is 0 Å². The molecule has 2 aliphatic heterocycles. The fraction of sp³-hybridized carbons (Fsp3) is 0.368. The second-order valence-corrected chi connectivity index (χ2v) is 8.46. The first-order valence-corrected chi connectivity index (χ1v) is 10.2. The fourth-order valence-electron chi connectivity index (χ4n) is 3.33. The summed E-state index contributed by atoms with van der Waals surface area (Å²) in [5, 5.41) is 0. The molecule has 0 saturated carbocycles. The van der Waals surface area contributed by atoms with Crippen molar-refractivity contribution in [3.63, 3.8) is 0 Å². The van der Waals surface area contributed by atoms with Crippen molar-refractivity contribution in [1.82, 2.24) is 0 Å². The Bertz CT molecular complexity index is 890. The van der Waals surface area contributed by atoms with Crippen molar-refractivity contribution in [1.29, 1.82) is 0 Å². The molecule has 0 radical (unpaired) electrons. The molecule has 0 N–H and O–H groups in total. The Hall–Kier alpha value is -2.41. The molecule has 26 heavy (non-hydrogen) atoms. The molecule has 2 aliphatic rings. The molecule has 0 unspecified atom stereocenters. The van der Waals surface area contributed by atoms with Gasteiger partial charge in [-0.3, -0.25) is 4.31 Å². The summed E-state index contributed by atoms with van der Waals surface area (Å²) in [6.45, 7) is 3.02. The minimum absolute atomic E-state index is 0.188. The van der Waals surface area contributed by atoms with E-state index in [-0.39, 0.29) is 4.90 Å². The summed E-state index contributed by atoms with van der Waals surface area (Å²) in [4.78, 5) is 2.51. The zero-order chi connectivity index (χ0) is 18.1. The van der Waals surface area contributed by atoms with Crippen LogP contribution >= 0.6 is 0 Å². The first-order chi connectivity index (χ1) is 12.6. The second-order valence-electron chi connectivity index (χ2n) is 6.49. The van der Waals surface area contributed by atoms with Gasteiger partial charge < -0.3 is 14.4 Å². The standard InChI is InChI=1S/C19H22N2O4S/c1-20(15-4-6-16(7-5-15)21-10-2-3-11-21)26(22,23)17-8-9-18-19(14-17)25-13-12-24-18/h4-9,14H,2-3,10-13H2,1H3. The van der Waals surface area contributed by atoms with Crippen molar-refractivity contribution in [2.75, 3.05) is 42.6 Å². The van der Waals surface area contributed by atoms with E-state index >= 15 is 0 Å². The molecule has 4 rings (SSSR count). The first kappa shape index (κ1) is 17.0. The summed E-state index contributed by atoms with van der Waals surface area (Å²) in [7, 11) is -2.11. The quantitative estimate of drug-likeness (QED) is 0.824. The molecule has 0 spiro atoms. The van der Waals surface area contributed by atoms with Crippen molar-refractivity contribution >= 4 is 21.4 Å². The van der Waals surface area contributed by atoms with Crippen molar-refractivity contribution in [2.24, 2.45) is 0 Å². The molecule has 0 aliphatic carbocycles. The van der Waals surface area contributed by atoms with Gasteiger partial charge >= 0.3 is 0 Å². The summed E-state index contributed by atoms with van der Waals surface area (Å²) in [6, 6.07) is 12.4. The molecule has 7 heteroatoms. The number of nitrogens with zero attached hydrogens (tertiary/aromatic N) is 2. The van der Waals surface area contributed by atoms with Gasteiger partial charge in [-0.05, 0) is 49.2 Å². The molecule has 2 aromatic rings. The van der Waals surface area contributed by atoms with E-state index in [4.69, 9.17) is 9.47 Å². The third-order valence-corrected chi connectivity index (χ3v) is 6.64. The van der Waals surface area contributed by atoms with Gasteiger partial charge in [0.25, 0.3) is 10.0 Å². The molecule has 0 bridgehead atoms. The highest BCUT2D eigenvalue weighted by Crippen LogP contribution is 2.34. The molecule has 0 atom stereocenters. The first-order valence-electron chi connectivity index (χ1n) is 8.79. The van der Waals surface area contributed by atoms with E-state index in [1.807, 2.05) is 24.3 Å². The maximum Gasteiger partial charge on any atom is 0.264 e. The average Bonchev–Trinajstić information content (AvgIpc) is 3.22. The normalized spacial score (nSPS) is 16.6. The summed E-state index contributed by atoms with van der Waals surface area (Å²) in [6.07, 6.45) is 2.42. The minimum Gasteiger partial charge on any atom is -0.486 e. The fourth-order valence-corrected chi connectivity index (χ4v) is 4.54. The number of sulfonamides is 1. The zero-order valence-corrected chi connectivity index (χ0v) is 15.5. The maximum atomic E-state index is 13.0. The number of rotatable bonds is 4. The number of anilines is 2. The number of benzene rings is 2. The third kappa shape index (κ3) is 3.07. The van der Waals surface area contributed by atoms with Crippen LogP contribution in [0.5, 0.6) is 11.5 Å². The van der Waals surface area contributed by atoms with Crippen molar-refractivity contribution in [3.05, 3.63) is 42.5 Å². The number of hydrogen-bond donors (Lipinski definition) is 0. The van der Waals surface area contributed by atoms with Crippen LogP contribution in [0.1, 0.15) is 12.8 Å². The van der Waals surface area contributed by atoms with E-state index in [0.717, 1.165) is 18.8 Å². The van der Waals surface area contributed by atoms with Crippen molar-refractivity contribution < 1.29 is 17.9 Å². The molecule has 138 valence electrons. The Morgan fingerprint density at radius 1 is 0.923 bits per heavy atom. The van der Waals surface area contributed by atoms with Gasteiger partial charge in [0.05, 0.1) is 10.6 Å². The lowest BCUT2D eigenvalue weighted by atomic mass is 10.2. The molecule has 1 fully saturated rings. The summed E-state index contributed by atoms with van der Waals surface area (Å²) in [5.41, 5.74) is 1.76. The predicted molar refractivity (Wildman–Crippen MR) is 101 cm³/mol. The predicted octanol–water partition coefficient (Wildman–Crippen LogP) is 2.88. The number of hydrogen-bond acceptors (Lipinski definition) is 5. The highest BCUT2D eigenvalue weighted by Gasteiger charge is 2.24. The van der Waals surface area contributed by atoms with Crippen molar-refractivity contribution in [2.45, 2.75) is 17.7 Å². The molecular formula is C19H22N2O4S. The molecule has 0 aromatic heterocycles. The van der Waals surface area contributed by atoms with Gasteiger partial charge in [0.15, 0.2) is 11.5 Å². The number of fused-ring (bicyclic) bond motifs is 1. The Kier molecular flexibility index (Phi) is 4.40. The largest absolute Gasteiger partial charge is 0.486 e. The van der Waals surface area contributed by atoms with Gasteiger partial charge in [-0.2, -0.15) is 0 Å². The highest BCUT2D eigenvalue weighted by atomic mass is 32.2. The van der Waals surface area contributed by atoms with E-state index in [1.165, 1.54) is 23.2 Å². The Labute approximate surface area is 154 Å². The molecule has 0 amide bonds. The molecule has 2 heterocycles. The summed E-state index contributed by atoms with van der Waals surface area (Å²) >= 11 is 0. The van der Waals surface area contributed by atoms with Crippen LogP contribution in [0.3, 0.4) is 0 Å². The lowest BCUT2D eigenvalue weighted by Crippen LogP contribution is -2.27. The van der Waals surface area contributed by atoms with Gasteiger partial charge in [0, 0.05) is 31.9 Å². The SMILES string of the molecule is CN(c1ccc(N2CCCC2)cc1)S(=O)(=O)c1ccc2c(c1)OCCO2. The monoisotopic (exact) mass is 374 g/mol. The van der Waals surface area contributed by atoms with Crippen molar-refractivity contribution in [3.8, 4) is 11.5 Å². The van der Waals surface area contributed by atoms with Crippen LogP contribution in [-0.4, -0.2) is 41.8 Å². The van der Waals surface area contributed by atoms with Gasteiger partial charge in [0.2, 0.25) is 0 Å². The minimum atomic E-state index is -3.67. The van der Waals surface area contributed by atoms with E-state index < -0.39 is 10.0 Å². The van der Waals surface area contributed by atoms with Crippen LogP contribution in [0.15, 0.2) is 47.4 Å². The smallest absolute Gasteiger partial charge is 0.264 e. The Morgan fingerprint density at radius 3 is 2.27 bits per heavy atom. The lowest BCUT2D eigenvalue weighted by molar-refractivity contribution is 0.171. The van der Waals surface area contributed by atoms with Crippen LogP contribution in [0, 0.1) is 0 Å². The van der Waals surface area contributed by atoms with Gasteiger partial charge in [-0.1, -0.05) is 0 Å². The van der Waals surface area contributed by atoms with Crippen LogP contribution in [-0.2, 0) is 10.0 Å². The van der Waals surface area contributed by atoms with Crippen LogP contribution < -0.4 is 18.7 Å². The van der Waals surface area contributed by atoms with Gasteiger partial charge in [0.1, 0.15) is 13.2 Å². The van der Waals surface area contributed by atoms with E-state index in [1.54, 1.807) is 19.2 Å². The Balaban J connectivity index is 1.59. The summed E-state index contributed by atoms with van der Waals surface area (Å²) < 4.78 is 38.2. The van der Waals surface area contributed by atoms with Crippen LogP contribution in [0.25, 0.3) is 0 Å². The molecular weight excluding hydrogens is 352 g/mol. The van der Waals surface area contributed by atoms with Gasteiger partial charge in [-0.25, -0.2) is 8.42 Å². The van der Waals surface area contributed by atoms with Crippen LogP contribution in [0.4, 0.5) is 11.4 Å². The third-order valence-electron chi connectivity index (χ3n) is 4.86. The van der Waals surface area contributed by atoms with E-state index in [0.29, 0.717) is 30.4 Å². The highest BCUT2D eigenvalue weighted by molar-refractivity contribution is 7.92. The summed E-state index contributed by atoms with van der Waals surface area (Å²) in [5.74, 6) is 1.04. The van der Waals surface area contributed by atoms with E-state index in [9.17, 15) is 8.42 Å².